The fraction of sp³-hybridized carbons (Fsp3) is 0.917. The molecule has 0 spiro atoms. The topological polar surface area (TPSA) is 29.1 Å². The first kappa shape index (κ1) is 10.2. The molecule has 3 unspecified atom stereocenters. The Morgan fingerprint density at radius 2 is 2.00 bits per heavy atom. The zero-order valence-electron chi connectivity index (χ0n) is 9.09. The van der Waals surface area contributed by atoms with Crippen LogP contribution in [0.2, 0.25) is 0 Å². The summed E-state index contributed by atoms with van der Waals surface area (Å²) in [5.74, 6) is 1.28. The van der Waals surface area contributed by atoms with Gasteiger partial charge in [-0.25, -0.2) is 0 Å². The monoisotopic (exact) mass is 195 g/mol. The molecule has 0 aromatic heterocycles. The molecule has 1 aliphatic carbocycles. The number of carbonyl (C=O) groups excluding carboxylic acids is 1. The SMILES string of the molecule is CCC(=O)C1CCC2CCCCC2N1. The maximum absolute atomic E-state index is 11.6. The van der Waals surface area contributed by atoms with Crippen LogP contribution in [0.5, 0.6) is 0 Å². The van der Waals surface area contributed by atoms with Gasteiger partial charge in [0.05, 0.1) is 6.04 Å². The molecule has 0 bridgehead atoms. The molecule has 2 nitrogen and oxygen atoms in total. The average Bonchev–Trinajstić information content (AvgIpc) is 2.27. The molecule has 0 aromatic rings. The number of nitrogens with one attached hydrogen (secondary N) is 1. The van der Waals surface area contributed by atoms with Crippen molar-refractivity contribution < 1.29 is 4.79 Å². The molecule has 2 heteroatoms. The minimum atomic E-state index is 0.180. The van der Waals surface area contributed by atoms with Gasteiger partial charge in [0.1, 0.15) is 5.78 Å². The van der Waals surface area contributed by atoms with Crippen LogP contribution in [-0.2, 0) is 4.79 Å². The second-order valence-electron chi connectivity index (χ2n) is 4.77. The van der Waals surface area contributed by atoms with Crippen molar-refractivity contribution in [2.24, 2.45) is 5.92 Å². The standard InChI is InChI=1S/C12H21NO/c1-2-12(14)11-8-7-9-5-3-4-6-10(9)13-11/h9-11,13H,2-8H2,1H3. The highest BCUT2D eigenvalue weighted by Gasteiger charge is 2.33. The van der Waals surface area contributed by atoms with Crippen LogP contribution in [0, 0.1) is 5.92 Å². The van der Waals surface area contributed by atoms with E-state index < -0.39 is 0 Å². The summed E-state index contributed by atoms with van der Waals surface area (Å²) >= 11 is 0. The van der Waals surface area contributed by atoms with Gasteiger partial charge in [0.25, 0.3) is 0 Å². The van der Waals surface area contributed by atoms with Crippen molar-refractivity contribution in [3.05, 3.63) is 0 Å². The highest BCUT2D eigenvalue weighted by molar-refractivity contribution is 5.83. The molecule has 80 valence electrons. The summed E-state index contributed by atoms with van der Waals surface area (Å²) in [6, 6.07) is 0.831. The van der Waals surface area contributed by atoms with E-state index in [1.165, 1.54) is 32.1 Å². The van der Waals surface area contributed by atoms with Crippen LogP contribution in [0.25, 0.3) is 0 Å². The number of ketones is 1. The third kappa shape index (κ3) is 2.00. The number of piperidine rings is 1. The van der Waals surface area contributed by atoms with Gasteiger partial charge in [0.2, 0.25) is 0 Å². The van der Waals surface area contributed by atoms with Gasteiger partial charge in [-0.1, -0.05) is 19.8 Å². The quantitative estimate of drug-likeness (QED) is 0.732. The smallest absolute Gasteiger partial charge is 0.149 e. The van der Waals surface area contributed by atoms with Crippen LogP contribution in [0.15, 0.2) is 0 Å². The first-order chi connectivity index (χ1) is 6.81. The maximum Gasteiger partial charge on any atom is 0.149 e. The maximum atomic E-state index is 11.6. The van der Waals surface area contributed by atoms with Crippen LogP contribution in [0.3, 0.4) is 0 Å². The fourth-order valence-corrected chi connectivity index (χ4v) is 3.00. The molecule has 3 atom stereocenters. The van der Waals surface area contributed by atoms with Crippen molar-refractivity contribution in [3.63, 3.8) is 0 Å². The third-order valence-electron chi connectivity index (χ3n) is 3.89. The van der Waals surface area contributed by atoms with Crippen molar-refractivity contribution in [3.8, 4) is 0 Å². The third-order valence-corrected chi connectivity index (χ3v) is 3.89. The molecule has 1 N–H and O–H groups in total. The molecule has 1 saturated carbocycles. The summed E-state index contributed by atoms with van der Waals surface area (Å²) in [6.45, 7) is 1.97. The summed E-state index contributed by atoms with van der Waals surface area (Å²) in [7, 11) is 0. The minimum Gasteiger partial charge on any atom is -0.304 e. The Morgan fingerprint density at radius 3 is 2.79 bits per heavy atom. The van der Waals surface area contributed by atoms with Crippen molar-refractivity contribution in [1.82, 2.24) is 5.32 Å². The van der Waals surface area contributed by atoms with Gasteiger partial charge in [0, 0.05) is 12.5 Å². The van der Waals surface area contributed by atoms with Gasteiger partial charge in [0.15, 0.2) is 0 Å². The molecule has 2 aliphatic rings. The number of fused-ring (bicyclic) bond motifs is 1. The number of Topliss-reactive ketones (excluding diaryl/α,β-unsaturated/α-hetero) is 1. The molecular weight excluding hydrogens is 174 g/mol. The lowest BCUT2D eigenvalue weighted by Crippen LogP contribution is -2.51. The summed E-state index contributed by atoms with van der Waals surface area (Å²) in [5.41, 5.74) is 0. The van der Waals surface area contributed by atoms with E-state index in [1.54, 1.807) is 0 Å². The van der Waals surface area contributed by atoms with E-state index in [0.29, 0.717) is 18.2 Å². The summed E-state index contributed by atoms with van der Waals surface area (Å²) < 4.78 is 0. The highest BCUT2D eigenvalue weighted by atomic mass is 16.1. The lowest BCUT2D eigenvalue weighted by molar-refractivity contribution is -0.122. The molecule has 1 heterocycles. The Labute approximate surface area is 86.5 Å². The van der Waals surface area contributed by atoms with Crippen LogP contribution in [0.1, 0.15) is 51.9 Å². The predicted molar refractivity (Wildman–Crippen MR) is 57.2 cm³/mol. The number of carbonyl (C=O) groups is 1. The van der Waals surface area contributed by atoms with Gasteiger partial charge < -0.3 is 5.32 Å². The van der Waals surface area contributed by atoms with Crippen molar-refractivity contribution >= 4 is 5.78 Å². The lowest BCUT2D eigenvalue weighted by Gasteiger charge is -2.39. The molecule has 0 radical (unpaired) electrons. The van der Waals surface area contributed by atoms with E-state index in [4.69, 9.17) is 0 Å². The number of hydrogen-bond acceptors (Lipinski definition) is 2. The molecule has 2 rings (SSSR count). The zero-order chi connectivity index (χ0) is 9.97. The Balaban J connectivity index is 1.92. The van der Waals surface area contributed by atoms with Gasteiger partial charge >= 0.3 is 0 Å². The Bertz CT molecular complexity index is 214. The van der Waals surface area contributed by atoms with Gasteiger partial charge in [-0.15, -0.1) is 0 Å². The van der Waals surface area contributed by atoms with Gasteiger partial charge in [-0.2, -0.15) is 0 Å². The normalized spacial score (nSPS) is 37.6. The summed E-state index contributed by atoms with van der Waals surface area (Å²) in [4.78, 5) is 11.6. The molecule has 0 aromatic carbocycles. The zero-order valence-corrected chi connectivity index (χ0v) is 9.09. The molecule has 2 fully saturated rings. The lowest BCUT2D eigenvalue weighted by atomic mass is 9.77. The van der Waals surface area contributed by atoms with Gasteiger partial charge in [-0.3, -0.25) is 4.79 Å². The molecule has 1 aliphatic heterocycles. The highest BCUT2D eigenvalue weighted by Crippen LogP contribution is 2.32. The molecule has 1 saturated heterocycles. The van der Waals surface area contributed by atoms with Crippen LogP contribution >= 0.6 is 0 Å². The molecular formula is C12H21NO. The van der Waals surface area contributed by atoms with Crippen LogP contribution < -0.4 is 5.32 Å². The van der Waals surface area contributed by atoms with Crippen LogP contribution in [-0.4, -0.2) is 17.9 Å². The van der Waals surface area contributed by atoms with E-state index in [0.717, 1.165) is 12.3 Å². The van der Waals surface area contributed by atoms with Crippen molar-refractivity contribution in [2.45, 2.75) is 64.0 Å². The first-order valence-electron chi connectivity index (χ1n) is 6.10. The predicted octanol–water partition coefficient (Wildman–Crippen LogP) is 2.28. The largest absolute Gasteiger partial charge is 0.304 e. The van der Waals surface area contributed by atoms with E-state index >= 15 is 0 Å². The summed E-state index contributed by atoms with van der Waals surface area (Å²) in [5, 5.41) is 3.56. The first-order valence-corrected chi connectivity index (χ1v) is 6.10. The van der Waals surface area contributed by atoms with Crippen molar-refractivity contribution in [2.75, 3.05) is 0 Å². The molecule has 0 amide bonds. The molecule has 14 heavy (non-hydrogen) atoms. The Hall–Kier alpha value is -0.370. The number of hydrogen-bond donors (Lipinski definition) is 1. The number of rotatable bonds is 2. The Morgan fingerprint density at radius 1 is 1.21 bits per heavy atom. The van der Waals surface area contributed by atoms with Crippen LogP contribution in [0.4, 0.5) is 0 Å². The summed E-state index contributed by atoms with van der Waals surface area (Å²) in [6.07, 6.45) is 8.45. The van der Waals surface area contributed by atoms with E-state index in [-0.39, 0.29) is 6.04 Å². The minimum absolute atomic E-state index is 0.180. The van der Waals surface area contributed by atoms with E-state index in [2.05, 4.69) is 5.32 Å². The Kier molecular flexibility index (Phi) is 3.22. The fourth-order valence-electron chi connectivity index (χ4n) is 3.00. The second kappa shape index (κ2) is 4.43. The van der Waals surface area contributed by atoms with Crippen molar-refractivity contribution in [1.29, 1.82) is 0 Å². The van der Waals surface area contributed by atoms with Gasteiger partial charge in [-0.05, 0) is 31.6 Å². The van der Waals surface area contributed by atoms with E-state index in [9.17, 15) is 4.79 Å². The second-order valence-corrected chi connectivity index (χ2v) is 4.77. The van der Waals surface area contributed by atoms with E-state index in [1.807, 2.05) is 6.92 Å². The average molecular weight is 195 g/mol.